The van der Waals surface area contributed by atoms with Crippen molar-refractivity contribution in [2.45, 2.75) is 30.2 Å². The van der Waals surface area contributed by atoms with Crippen LogP contribution in [0, 0.1) is 0 Å². The summed E-state index contributed by atoms with van der Waals surface area (Å²) < 4.78 is 0. The molecule has 1 heterocycles. The van der Waals surface area contributed by atoms with E-state index in [4.69, 9.17) is 5.73 Å². The highest BCUT2D eigenvalue weighted by Gasteiger charge is 2.67. The predicted molar refractivity (Wildman–Crippen MR) is 44.5 cm³/mol. The maximum atomic E-state index is 5.96. The molecule has 0 spiro atoms. The third kappa shape index (κ3) is 0.607. The third-order valence-corrected chi connectivity index (χ3v) is 3.18. The van der Waals surface area contributed by atoms with Gasteiger partial charge in [0.25, 0.3) is 0 Å². The predicted octanol–water partition coefficient (Wildman–Crippen LogP) is 0.609. The second-order valence-corrected chi connectivity index (χ2v) is 4.26. The minimum atomic E-state index is 0.164. The van der Waals surface area contributed by atoms with Gasteiger partial charge < -0.3 is 5.73 Å². The molecular weight excluding hydrogens is 150 g/mol. The van der Waals surface area contributed by atoms with Crippen LogP contribution in [-0.4, -0.2) is 15.5 Å². The maximum Gasteiger partial charge on any atom is 0.0650 e. The van der Waals surface area contributed by atoms with Crippen LogP contribution in [0.5, 0.6) is 0 Å². The van der Waals surface area contributed by atoms with Crippen LogP contribution in [0.4, 0.5) is 0 Å². The molecule has 4 rings (SSSR count). The molecule has 0 saturated heterocycles. The van der Waals surface area contributed by atoms with Gasteiger partial charge in [-0.25, -0.2) is 0 Å². The van der Waals surface area contributed by atoms with Gasteiger partial charge in [0.15, 0.2) is 0 Å². The van der Waals surface area contributed by atoms with Crippen LogP contribution >= 0.6 is 0 Å². The van der Waals surface area contributed by atoms with Gasteiger partial charge in [-0.05, 0) is 19.3 Å². The lowest BCUT2D eigenvalue weighted by Gasteiger charge is -2.68. The van der Waals surface area contributed by atoms with Gasteiger partial charge >= 0.3 is 0 Å². The van der Waals surface area contributed by atoms with Crippen molar-refractivity contribution in [2.75, 3.05) is 0 Å². The first-order chi connectivity index (χ1) is 5.73. The first-order valence-corrected chi connectivity index (χ1v) is 4.28. The SMILES string of the molecule is NC12CC(c3cnccn3)(C1)C2. The average molecular weight is 161 g/mol. The second kappa shape index (κ2) is 1.69. The first kappa shape index (κ1) is 6.54. The van der Waals surface area contributed by atoms with Gasteiger partial charge in [0.1, 0.15) is 0 Å². The fourth-order valence-corrected chi connectivity index (χ4v) is 2.71. The maximum absolute atomic E-state index is 5.96. The molecule has 3 saturated carbocycles. The Balaban J connectivity index is 1.94. The topological polar surface area (TPSA) is 51.8 Å². The molecule has 1 aromatic rings. The zero-order chi connectivity index (χ0) is 8.23. The largest absolute Gasteiger partial charge is 0.325 e. The summed E-state index contributed by atoms with van der Waals surface area (Å²) in [4.78, 5) is 8.40. The summed E-state index contributed by atoms with van der Waals surface area (Å²) in [7, 11) is 0. The Bertz CT molecular complexity index is 300. The molecule has 3 heteroatoms. The monoisotopic (exact) mass is 161 g/mol. The van der Waals surface area contributed by atoms with Crippen molar-refractivity contribution < 1.29 is 0 Å². The molecule has 2 bridgehead atoms. The first-order valence-electron chi connectivity index (χ1n) is 4.28. The molecular formula is C9H11N3. The molecule has 0 unspecified atom stereocenters. The lowest BCUT2D eigenvalue weighted by atomic mass is 9.39. The number of hydrogen-bond acceptors (Lipinski definition) is 3. The molecule has 62 valence electrons. The molecule has 3 aliphatic rings. The van der Waals surface area contributed by atoms with E-state index in [0.29, 0.717) is 5.41 Å². The van der Waals surface area contributed by atoms with Crippen molar-refractivity contribution in [1.82, 2.24) is 9.97 Å². The van der Waals surface area contributed by atoms with Gasteiger partial charge in [-0.2, -0.15) is 0 Å². The van der Waals surface area contributed by atoms with Crippen LogP contribution in [-0.2, 0) is 5.41 Å². The van der Waals surface area contributed by atoms with E-state index in [1.165, 1.54) is 0 Å². The summed E-state index contributed by atoms with van der Waals surface area (Å²) in [5.74, 6) is 0. The van der Waals surface area contributed by atoms with E-state index in [0.717, 1.165) is 25.0 Å². The summed E-state index contributed by atoms with van der Waals surface area (Å²) in [6.45, 7) is 0. The fourth-order valence-electron chi connectivity index (χ4n) is 2.71. The Labute approximate surface area is 71.0 Å². The molecule has 3 nitrogen and oxygen atoms in total. The number of nitrogens with two attached hydrogens (primary N) is 1. The zero-order valence-corrected chi connectivity index (χ0v) is 6.83. The molecule has 0 radical (unpaired) electrons. The quantitative estimate of drug-likeness (QED) is 0.656. The Morgan fingerprint density at radius 2 is 2.00 bits per heavy atom. The Morgan fingerprint density at radius 3 is 2.50 bits per heavy atom. The van der Waals surface area contributed by atoms with Crippen LogP contribution in [0.3, 0.4) is 0 Å². The van der Waals surface area contributed by atoms with E-state index in [9.17, 15) is 0 Å². The van der Waals surface area contributed by atoms with E-state index in [-0.39, 0.29) is 5.54 Å². The molecule has 3 aliphatic carbocycles. The molecule has 12 heavy (non-hydrogen) atoms. The molecule has 0 amide bonds. The Hall–Kier alpha value is -0.960. The highest BCUT2D eigenvalue weighted by Crippen LogP contribution is 2.65. The zero-order valence-electron chi connectivity index (χ0n) is 6.83. The third-order valence-electron chi connectivity index (χ3n) is 3.18. The van der Waals surface area contributed by atoms with Gasteiger partial charge in [-0.3, -0.25) is 9.97 Å². The fraction of sp³-hybridized carbons (Fsp3) is 0.556. The highest BCUT2D eigenvalue weighted by molar-refractivity contribution is 5.36. The molecule has 2 N–H and O–H groups in total. The van der Waals surface area contributed by atoms with E-state index in [1.54, 1.807) is 12.4 Å². The van der Waals surface area contributed by atoms with Crippen LogP contribution in [0.15, 0.2) is 18.6 Å². The van der Waals surface area contributed by atoms with Crippen LogP contribution in [0.25, 0.3) is 0 Å². The van der Waals surface area contributed by atoms with E-state index >= 15 is 0 Å². The van der Waals surface area contributed by atoms with Gasteiger partial charge in [0.2, 0.25) is 0 Å². The Morgan fingerprint density at radius 1 is 1.25 bits per heavy atom. The Kier molecular flexibility index (Phi) is 0.921. The number of aromatic nitrogens is 2. The minimum Gasteiger partial charge on any atom is -0.325 e. The summed E-state index contributed by atoms with van der Waals surface area (Å²) in [6.07, 6.45) is 8.68. The smallest absolute Gasteiger partial charge is 0.0650 e. The normalized spacial score (nSPS) is 43.1. The number of nitrogens with zero attached hydrogens (tertiary/aromatic N) is 2. The molecule has 0 aromatic carbocycles. The van der Waals surface area contributed by atoms with Gasteiger partial charge in [0.05, 0.1) is 5.69 Å². The number of hydrogen-bond donors (Lipinski definition) is 1. The van der Waals surface area contributed by atoms with Crippen LogP contribution in [0.2, 0.25) is 0 Å². The van der Waals surface area contributed by atoms with Crippen LogP contribution < -0.4 is 5.73 Å². The molecule has 0 atom stereocenters. The van der Waals surface area contributed by atoms with Crippen molar-refractivity contribution in [1.29, 1.82) is 0 Å². The number of rotatable bonds is 1. The van der Waals surface area contributed by atoms with E-state index in [2.05, 4.69) is 9.97 Å². The van der Waals surface area contributed by atoms with Gasteiger partial charge in [-0.15, -0.1) is 0 Å². The molecule has 3 fully saturated rings. The van der Waals surface area contributed by atoms with Crippen molar-refractivity contribution in [3.63, 3.8) is 0 Å². The summed E-state index contributed by atoms with van der Waals surface area (Å²) in [6, 6.07) is 0. The van der Waals surface area contributed by atoms with Crippen molar-refractivity contribution in [3.05, 3.63) is 24.3 Å². The molecule has 1 aromatic heterocycles. The highest BCUT2D eigenvalue weighted by atomic mass is 14.9. The lowest BCUT2D eigenvalue weighted by Crippen LogP contribution is -2.74. The minimum absolute atomic E-state index is 0.164. The van der Waals surface area contributed by atoms with E-state index < -0.39 is 0 Å². The van der Waals surface area contributed by atoms with Crippen molar-refractivity contribution in [3.8, 4) is 0 Å². The van der Waals surface area contributed by atoms with E-state index in [1.807, 2.05) is 6.20 Å². The summed E-state index contributed by atoms with van der Waals surface area (Å²) in [5.41, 5.74) is 7.58. The van der Waals surface area contributed by atoms with Gasteiger partial charge in [-0.1, -0.05) is 0 Å². The van der Waals surface area contributed by atoms with Crippen molar-refractivity contribution in [2.24, 2.45) is 5.73 Å². The van der Waals surface area contributed by atoms with Crippen molar-refractivity contribution >= 4 is 0 Å². The summed E-state index contributed by atoms with van der Waals surface area (Å²) in [5, 5.41) is 0. The van der Waals surface area contributed by atoms with Gasteiger partial charge in [0, 0.05) is 29.5 Å². The standard InChI is InChI=1S/C9H11N3/c10-9-4-8(5-9,6-9)7-3-11-1-2-12-7/h1-3H,4-6,10H2. The average Bonchev–Trinajstić information content (AvgIpc) is 1.99. The summed E-state index contributed by atoms with van der Waals surface area (Å²) >= 11 is 0. The lowest BCUT2D eigenvalue weighted by molar-refractivity contribution is -0.0622. The second-order valence-electron chi connectivity index (χ2n) is 4.26. The molecule has 0 aliphatic heterocycles. The van der Waals surface area contributed by atoms with Crippen LogP contribution in [0.1, 0.15) is 25.0 Å².